The van der Waals surface area contributed by atoms with E-state index in [4.69, 9.17) is 15.0 Å². The molecule has 9 nitrogen and oxygen atoms in total. The average molecular weight is 576 g/mol. The molecule has 0 aromatic carbocycles. The number of unbranched alkanes of at least 4 members (excludes halogenated alkanes) is 5. The first kappa shape index (κ1) is 33.7. The van der Waals surface area contributed by atoms with Crippen molar-refractivity contribution >= 4 is 24.9 Å². The summed E-state index contributed by atoms with van der Waals surface area (Å²) in [5.41, 5.74) is 5.68. The van der Waals surface area contributed by atoms with Crippen molar-refractivity contribution in [3.05, 3.63) is 0 Å². The molecule has 1 saturated heterocycles. The normalized spacial score (nSPS) is 28.0. The molecule has 2 bridgehead atoms. The molecule has 234 valence electrons. The number of aliphatic imine (C=N–C) groups is 1. The number of nitrogens with one attached hydrogen (secondary N) is 3. The number of carbonyl (C=O) groups is 2. The lowest BCUT2D eigenvalue weighted by Crippen LogP contribution is -2.65. The molecule has 4 aliphatic rings. The molecule has 0 radical (unpaired) electrons. The third kappa shape index (κ3) is 8.62. The summed E-state index contributed by atoms with van der Waals surface area (Å²) in [6.07, 6.45) is 11.3. The van der Waals surface area contributed by atoms with Crippen LogP contribution in [-0.2, 0) is 18.9 Å². The molecule has 5 N–H and O–H groups in total. The molecule has 10 heteroatoms. The van der Waals surface area contributed by atoms with E-state index in [-0.39, 0.29) is 34.9 Å². The van der Waals surface area contributed by atoms with Crippen LogP contribution in [0.4, 0.5) is 0 Å². The Bertz CT molecular complexity index is 900. The summed E-state index contributed by atoms with van der Waals surface area (Å²) < 4.78 is 13.3. The number of guanidine groups is 1. The summed E-state index contributed by atoms with van der Waals surface area (Å²) in [6, 6.07) is -0.634. The first-order chi connectivity index (χ1) is 19.4. The van der Waals surface area contributed by atoms with Gasteiger partial charge < -0.3 is 31.0 Å². The van der Waals surface area contributed by atoms with Gasteiger partial charge in [-0.3, -0.25) is 14.6 Å². The van der Waals surface area contributed by atoms with Crippen LogP contribution in [0.15, 0.2) is 4.99 Å². The molecule has 6 atom stereocenters. The fourth-order valence-electron chi connectivity index (χ4n) is 7.30. The van der Waals surface area contributed by atoms with Crippen LogP contribution in [0, 0.1) is 23.2 Å². The van der Waals surface area contributed by atoms with Gasteiger partial charge in [-0.1, -0.05) is 66.7 Å². The van der Waals surface area contributed by atoms with Crippen molar-refractivity contribution in [3.8, 4) is 0 Å². The minimum atomic E-state index is -0.634. The summed E-state index contributed by atoms with van der Waals surface area (Å²) in [6.45, 7) is 14.0. The zero-order valence-electron chi connectivity index (χ0n) is 26.9. The lowest BCUT2D eigenvalue weighted by atomic mass is 9.43. The zero-order valence-corrected chi connectivity index (χ0v) is 26.9. The van der Waals surface area contributed by atoms with Crippen molar-refractivity contribution in [2.75, 3.05) is 13.6 Å². The van der Waals surface area contributed by atoms with Crippen LogP contribution < -0.4 is 21.7 Å². The van der Waals surface area contributed by atoms with E-state index >= 15 is 0 Å². The second kappa shape index (κ2) is 15.1. The Morgan fingerprint density at radius 3 is 2.41 bits per heavy atom. The maximum atomic E-state index is 13.7. The predicted octanol–water partition coefficient (Wildman–Crippen LogP) is 4.33. The number of rotatable bonds is 17. The SMILES string of the molecule is CCCCCCCCC(=O)N[C@@H](CCCNC(N)=NC)C(=O)N[C@@H](CC(C)C)B1O[C@@H]2C[C@@H]3C[C@@H](C3(C)C)[C@]2(C)O1. The molecule has 0 aromatic rings. The Balaban J connectivity index is 1.63. The van der Waals surface area contributed by atoms with Crippen LogP contribution in [0.1, 0.15) is 119 Å². The van der Waals surface area contributed by atoms with Crippen LogP contribution in [0.25, 0.3) is 0 Å². The van der Waals surface area contributed by atoms with Crippen molar-refractivity contribution < 1.29 is 18.9 Å². The van der Waals surface area contributed by atoms with E-state index in [2.05, 4.69) is 62.5 Å². The summed E-state index contributed by atoms with van der Waals surface area (Å²) in [5.74, 6) is 1.29. The van der Waals surface area contributed by atoms with Crippen molar-refractivity contribution in [2.24, 2.45) is 33.9 Å². The van der Waals surface area contributed by atoms with Gasteiger partial charge in [0.1, 0.15) is 6.04 Å². The summed E-state index contributed by atoms with van der Waals surface area (Å²) >= 11 is 0. The molecular weight excluding hydrogens is 517 g/mol. The summed E-state index contributed by atoms with van der Waals surface area (Å²) in [5, 5.41) is 9.32. The standard InChI is InChI=1S/C31H58BN5O4/c1-8-9-10-11-12-13-16-27(38)36-23(15-14-17-35-29(33)34-7)28(39)37-26(18-21(2)3)32-40-25-20-22-19-24(30(22,4)5)31(25,6)41-32/h21-26H,8-20H2,1-7H3,(H,36,38)(H,37,39)(H3,33,34,35)/t22-,23-,24-,25+,26-,31-/m0/s1. The fraction of sp³-hybridized carbons (Fsp3) is 0.903. The van der Waals surface area contributed by atoms with Crippen LogP contribution in [0.3, 0.4) is 0 Å². The highest BCUT2D eigenvalue weighted by molar-refractivity contribution is 6.48. The quantitative estimate of drug-likeness (QED) is 0.0885. The number of nitrogens with zero attached hydrogens (tertiary/aromatic N) is 1. The first-order valence-corrected chi connectivity index (χ1v) is 16.3. The maximum Gasteiger partial charge on any atom is 0.481 e. The largest absolute Gasteiger partial charge is 0.481 e. The molecule has 3 saturated carbocycles. The average Bonchev–Trinajstić information content (AvgIpc) is 3.28. The minimum absolute atomic E-state index is 0.0560. The highest BCUT2D eigenvalue weighted by Crippen LogP contribution is 2.65. The lowest BCUT2D eigenvalue weighted by Gasteiger charge is -2.64. The highest BCUT2D eigenvalue weighted by atomic mass is 16.7. The van der Waals surface area contributed by atoms with Gasteiger partial charge in [0.25, 0.3) is 0 Å². The Morgan fingerprint density at radius 2 is 1.76 bits per heavy atom. The molecule has 4 rings (SSSR count). The number of hydrogen-bond acceptors (Lipinski definition) is 5. The van der Waals surface area contributed by atoms with E-state index in [9.17, 15) is 9.59 Å². The topological polar surface area (TPSA) is 127 Å². The predicted molar refractivity (Wildman–Crippen MR) is 166 cm³/mol. The van der Waals surface area contributed by atoms with Crippen molar-refractivity contribution in [1.29, 1.82) is 0 Å². The van der Waals surface area contributed by atoms with Gasteiger partial charge >= 0.3 is 7.12 Å². The van der Waals surface area contributed by atoms with E-state index in [0.29, 0.717) is 49.5 Å². The lowest BCUT2D eigenvalue weighted by molar-refractivity contribution is -0.199. The second-order valence-corrected chi connectivity index (χ2v) is 13.9. The molecule has 1 heterocycles. The molecule has 3 aliphatic carbocycles. The molecule has 0 spiro atoms. The van der Waals surface area contributed by atoms with Gasteiger partial charge in [0, 0.05) is 20.0 Å². The number of carbonyl (C=O) groups excluding carboxylic acids is 2. The maximum absolute atomic E-state index is 13.7. The first-order valence-electron chi connectivity index (χ1n) is 16.3. The van der Waals surface area contributed by atoms with E-state index in [1.54, 1.807) is 7.05 Å². The van der Waals surface area contributed by atoms with Gasteiger partial charge in [-0.2, -0.15) is 0 Å². The molecular formula is C31H58BN5O4. The van der Waals surface area contributed by atoms with Crippen molar-refractivity contribution in [1.82, 2.24) is 16.0 Å². The van der Waals surface area contributed by atoms with Gasteiger partial charge in [-0.05, 0) is 68.6 Å². The summed E-state index contributed by atoms with van der Waals surface area (Å²) in [7, 11) is 1.14. The van der Waals surface area contributed by atoms with Crippen molar-refractivity contribution in [3.63, 3.8) is 0 Å². The van der Waals surface area contributed by atoms with E-state index in [1.807, 2.05) is 0 Å². The third-order valence-corrected chi connectivity index (χ3v) is 9.98. The smallest absolute Gasteiger partial charge is 0.404 e. The summed E-state index contributed by atoms with van der Waals surface area (Å²) in [4.78, 5) is 30.5. The van der Waals surface area contributed by atoms with Gasteiger partial charge in [0.2, 0.25) is 11.8 Å². The highest BCUT2D eigenvalue weighted by Gasteiger charge is 2.68. The second-order valence-electron chi connectivity index (χ2n) is 13.9. The van der Waals surface area contributed by atoms with E-state index in [0.717, 1.165) is 32.1 Å². The molecule has 41 heavy (non-hydrogen) atoms. The monoisotopic (exact) mass is 575 g/mol. The number of hydrogen-bond donors (Lipinski definition) is 4. The Hall–Kier alpha value is -1.81. The zero-order chi connectivity index (χ0) is 30.2. The number of amides is 2. The Morgan fingerprint density at radius 1 is 1.05 bits per heavy atom. The van der Waals surface area contributed by atoms with Crippen LogP contribution in [-0.4, -0.2) is 62.2 Å². The third-order valence-electron chi connectivity index (χ3n) is 9.98. The molecule has 2 amide bonds. The number of nitrogens with two attached hydrogens (primary N) is 1. The molecule has 0 unspecified atom stereocenters. The van der Waals surface area contributed by atoms with E-state index in [1.165, 1.54) is 25.7 Å². The Kier molecular flexibility index (Phi) is 12.4. The minimum Gasteiger partial charge on any atom is -0.404 e. The van der Waals surface area contributed by atoms with Gasteiger partial charge in [-0.25, -0.2) is 0 Å². The van der Waals surface area contributed by atoms with Crippen molar-refractivity contribution in [2.45, 2.75) is 142 Å². The molecule has 0 aromatic heterocycles. The molecule has 4 fully saturated rings. The van der Waals surface area contributed by atoms with Gasteiger partial charge in [0.05, 0.1) is 17.6 Å². The van der Waals surface area contributed by atoms with Gasteiger partial charge in [-0.15, -0.1) is 0 Å². The van der Waals surface area contributed by atoms with Crippen LogP contribution >= 0.6 is 0 Å². The van der Waals surface area contributed by atoms with E-state index < -0.39 is 13.2 Å². The van der Waals surface area contributed by atoms with Gasteiger partial charge in [0.15, 0.2) is 5.96 Å². The van der Waals surface area contributed by atoms with Crippen LogP contribution in [0.5, 0.6) is 0 Å². The fourth-order valence-corrected chi connectivity index (χ4v) is 7.30. The van der Waals surface area contributed by atoms with Crippen LogP contribution in [0.2, 0.25) is 0 Å². The molecule has 1 aliphatic heterocycles. The Labute approximate surface area is 249 Å².